The third-order valence-electron chi connectivity index (χ3n) is 3.23. The second-order valence-corrected chi connectivity index (χ2v) is 4.86. The van der Waals surface area contributed by atoms with Gasteiger partial charge in [0, 0.05) is 6.07 Å². The summed E-state index contributed by atoms with van der Waals surface area (Å²) in [5, 5.41) is 3.15. The normalized spacial score (nSPS) is 12.0. The minimum atomic E-state index is -0.379. The monoisotopic (exact) mass is 291 g/mol. The Morgan fingerprint density at radius 2 is 2.10 bits per heavy atom. The van der Waals surface area contributed by atoms with Crippen molar-refractivity contribution in [2.75, 3.05) is 12.4 Å². The first-order valence-corrected chi connectivity index (χ1v) is 6.60. The molecule has 6 heteroatoms. The molecule has 0 spiro atoms. The zero-order chi connectivity index (χ0) is 15.6. The number of H-pyrrole nitrogens is 1. The number of anilines is 1. The van der Waals surface area contributed by atoms with Crippen molar-refractivity contribution in [1.82, 2.24) is 9.97 Å². The summed E-state index contributed by atoms with van der Waals surface area (Å²) in [6, 6.07) is 3.92. The van der Waals surface area contributed by atoms with E-state index in [0.29, 0.717) is 28.5 Å². The Bertz CT molecular complexity index is 713. The van der Waals surface area contributed by atoms with E-state index in [2.05, 4.69) is 15.3 Å². The van der Waals surface area contributed by atoms with Crippen molar-refractivity contribution in [2.24, 2.45) is 0 Å². The third-order valence-corrected chi connectivity index (χ3v) is 3.23. The Morgan fingerprint density at radius 3 is 2.71 bits per heavy atom. The molecule has 0 aliphatic rings. The molecule has 0 aliphatic heterocycles. The zero-order valence-corrected chi connectivity index (χ0v) is 12.5. The van der Waals surface area contributed by atoms with Crippen LogP contribution in [-0.2, 0) is 0 Å². The van der Waals surface area contributed by atoms with Gasteiger partial charge in [-0.2, -0.15) is 0 Å². The van der Waals surface area contributed by atoms with Crippen molar-refractivity contribution in [3.63, 3.8) is 0 Å². The molecule has 0 bridgehead atoms. The number of aryl methyl sites for hydroxylation is 2. The molecule has 0 saturated heterocycles. The van der Waals surface area contributed by atoms with E-state index in [0.717, 1.165) is 0 Å². The van der Waals surface area contributed by atoms with Crippen molar-refractivity contribution in [3.05, 3.63) is 51.5 Å². The first kappa shape index (κ1) is 15.0. The number of aromatic nitrogens is 2. The van der Waals surface area contributed by atoms with Gasteiger partial charge in [-0.05, 0) is 32.9 Å². The standard InChI is InChI=1S/C15H18FN3O2/c1-8-14(15(20)19-10(3)17-8)9(2)18-12-6-5-11(16)7-13(12)21-4/h5-7,9,18H,1-4H3,(H,17,19,20). The van der Waals surface area contributed by atoms with Gasteiger partial charge in [0.1, 0.15) is 17.4 Å². The quantitative estimate of drug-likeness (QED) is 0.909. The van der Waals surface area contributed by atoms with Gasteiger partial charge in [0.15, 0.2) is 0 Å². The van der Waals surface area contributed by atoms with Gasteiger partial charge in [0.25, 0.3) is 5.56 Å². The van der Waals surface area contributed by atoms with Crippen molar-refractivity contribution >= 4 is 5.69 Å². The summed E-state index contributed by atoms with van der Waals surface area (Å²) in [4.78, 5) is 19.0. The molecule has 0 saturated carbocycles. The lowest BCUT2D eigenvalue weighted by Crippen LogP contribution is -2.23. The molecule has 2 N–H and O–H groups in total. The molecule has 2 aromatic rings. The average molecular weight is 291 g/mol. The SMILES string of the molecule is COc1cc(F)ccc1NC(C)c1c(C)nc(C)[nH]c1=O. The lowest BCUT2D eigenvalue weighted by atomic mass is 10.1. The molecule has 2 rings (SSSR count). The molecule has 0 radical (unpaired) electrons. The van der Waals surface area contributed by atoms with E-state index in [9.17, 15) is 9.18 Å². The first-order valence-electron chi connectivity index (χ1n) is 6.60. The molecule has 1 heterocycles. The summed E-state index contributed by atoms with van der Waals surface area (Å²) >= 11 is 0. The molecule has 1 atom stereocenters. The molecular weight excluding hydrogens is 273 g/mol. The maximum Gasteiger partial charge on any atom is 0.256 e. The second-order valence-electron chi connectivity index (χ2n) is 4.86. The van der Waals surface area contributed by atoms with E-state index >= 15 is 0 Å². The maximum atomic E-state index is 13.2. The van der Waals surface area contributed by atoms with Crippen LogP contribution in [0, 0.1) is 19.7 Å². The van der Waals surface area contributed by atoms with E-state index in [1.165, 1.54) is 19.2 Å². The van der Waals surface area contributed by atoms with Gasteiger partial charge >= 0.3 is 0 Å². The number of nitrogens with zero attached hydrogens (tertiary/aromatic N) is 1. The van der Waals surface area contributed by atoms with Crippen molar-refractivity contribution in [2.45, 2.75) is 26.8 Å². The smallest absolute Gasteiger partial charge is 0.256 e. The number of ether oxygens (including phenoxy) is 1. The lowest BCUT2D eigenvalue weighted by Gasteiger charge is -2.18. The molecule has 1 unspecified atom stereocenters. The van der Waals surface area contributed by atoms with Gasteiger partial charge in [-0.25, -0.2) is 9.37 Å². The first-order chi connectivity index (χ1) is 9.92. The van der Waals surface area contributed by atoms with Crippen LogP contribution in [0.1, 0.15) is 30.0 Å². The second kappa shape index (κ2) is 5.95. The largest absolute Gasteiger partial charge is 0.494 e. The topological polar surface area (TPSA) is 67.0 Å². The van der Waals surface area contributed by atoms with Crippen molar-refractivity contribution in [1.29, 1.82) is 0 Å². The summed E-state index contributed by atoms with van der Waals surface area (Å²) < 4.78 is 18.3. The number of aromatic amines is 1. The highest BCUT2D eigenvalue weighted by Crippen LogP contribution is 2.28. The Labute approximate surface area is 122 Å². The molecule has 5 nitrogen and oxygen atoms in total. The fourth-order valence-corrected chi connectivity index (χ4v) is 2.34. The van der Waals surface area contributed by atoms with Gasteiger partial charge in [0.05, 0.1) is 30.1 Å². The number of hydrogen-bond donors (Lipinski definition) is 2. The predicted molar refractivity (Wildman–Crippen MR) is 79.3 cm³/mol. The average Bonchev–Trinajstić information content (AvgIpc) is 2.39. The summed E-state index contributed by atoms with van der Waals surface area (Å²) in [7, 11) is 1.47. The van der Waals surface area contributed by atoms with Gasteiger partial charge < -0.3 is 15.0 Å². The Morgan fingerprint density at radius 1 is 1.38 bits per heavy atom. The van der Waals surface area contributed by atoms with Crippen LogP contribution < -0.4 is 15.6 Å². The summed E-state index contributed by atoms with van der Waals surface area (Å²) in [5.74, 6) is 0.583. The zero-order valence-electron chi connectivity index (χ0n) is 12.5. The van der Waals surface area contributed by atoms with Gasteiger partial charge in [0.2, 0.25) is 0 Å². The highest BCUT2D eigenvalue weighted by molar-refractivity contribution is 5.57. The number of halogens is 1. The van der Waals surface area contributed by atoms with Crippen LogP contribution in [0.15, 0.2) is 23.0 Å². The molecule has 0 aliphatic carbocycles. The van der Waals surface area contributed by atoms with Crippen molar-refractivity contribution < 1.29 is 9.13 Å². The van der Waals surface area contributed by atoms with Crippen LogP contribution in [0.25, 0.3) is 0 Å². The van der Waals surface area contributed by atoms with Crippen LogP contribution in [0.4, 0.5) is 10.1 Å². The predicted octanol–water partition coefficient (Wildman–Crippen LogP) is 2.71. The molecule has 0 amide bonds. The van der Waals surface area contributed by atoms with E-state index < -0.39 is 0 Å². The molecular formula is C15H18FN3O2. The van der Waals surface area contributed by atoms with Crippen LogP contribution in [-0.4, -0.2) is 17.1 Å². The fraction of sp³-hybridized carbons (Fsp3) is 0.333. The molecule has 21 heavy (non-hydrogen) atoms. The van der Waals surface area contributed by atoms with E-state index in [1.807, 2.05) is 6.92 Å². The third kappa shape index (κ3) is 3.21. The molecule has 112 valence electrons. The van der Waals surface area contributed by atoms with E-state index in [1.54, 1.807) is 19.9 Å². The number of rotatable bonds is 4. The van der Waals surface area contributed by atoms with Gasteiger partial charge in [-0.15, -0.1) is 0 Å². The lowest BCUT2D eigenvalue weighted by molar-refractivity contribution is 0.412. The van der Waals surface area contributed by atoms with Crippen molar-refractivity contribution in [3.8, 4) is 5.75 Å². The highest BCUT2D eigenvalue weighted by Gasteiger charge is 2.16. The van der Waals surface area contributed by atoms with Crippen LogP contribution in [0.3, 0.4) is 0 Å². The Balaban J connectivity index is 2.35. The molecule has 1 aromatic heterocycles. The number of hydrogen-bond acceptors (Lipinski definition) is 4. The van der Waals surface area contributed by atoms with Crippen LogP contribution in [0.2, 0.25) is 0 Å². The molecule has 0 fully saturated rings. The maximum absolute atomic E-state index is 13.2. The summed E-state index contributed by atoms with van der Waals surface area (Å²) in [5.41, 5.74) is 1.65. The minimum absolute atomic E-state index is 0.180. The highest BCUT2D eigenvalue weighted by atomic mass is 19.1. The van der Waals surface area contributed by atoms with Crippen LogP contribution >= 0.6 is 0 Å². The van der Waals surface area contributed by atoms with E-state index in [4.69, 9.17) is 4.74 Å². The molecule has 1 aromatic carbocycles. The fourth-order valence-electron chi connectivity index (χ4n) is 2.34. The Kier molecular flexibility index (Phi) is 4.26. The number of methoxy groups -OCH3 is 1. The minimum Gasteiger partial charge on any atom is -0.494 e. The number of nitrogens with one attached hydrogen (secondary N) is 2. The summed E-state index contributed by atoms with van der Waals surface area (Å²) in [6.45, 7) is 5.37. The van der Waals surface area contributed by atoms with Gasteiger partial charge in [-0.3, -0.25) is 4.79 Å². The number of benzene rings is 1. The van der Waals surface area contributed by atoms with Crippen LogP contribution in [0.5, 0.6) is 5.75 Å². The Hall–Kier alpha value is -2.37. The van der Waals surface area contributed by atoms with E-state index in [-0.39, 0.29) is 17.4 Å². The van der Waals surface area contributed by atoms with Gasteiger partial charge in [-0.1, -0.05) is 0 Å². The summed E-state index contributed by atoms with van der Waals surface area (Å²) in [6.07, 6.45) is 0.